The van der Waals surface area contributed by atoms with E-state index in [0.717, 1.165) is 11.3 Å². The first kappa shape index (κ1) is 16.8. The lowest BCUT2D eigenvalue weighted by Crippen LogP contribution is -1.99. The first-order valence-electron chi connectivity index (χ1n) is 7.22. The minimum Gasteiger partial charge on any atom is -0.497 e. The second-order valence-corrected chi connectivity index (χ2v) is 5.47. The Labute approximate surface area is 147 Å². The highest BCUT2D eigenvalue weighted by Crippen LogP contribution is 2.30. The molecule has 0 saturated carbocycles. The molecular formula is C17H13ClN2O5. The van der Waals surface area contributed by atoms with Gasteiger partial charge in [-0.25, -0.2) is 4.98 Å². The molecule has 0 radical (unpaired) electrons. The van der Waals surface area contributed by atoms with Gasteiger partial charge >= 0.3 is 5.69 Å². The highest BCUT2D eigenvalue weighted by atomic mass is 35.5. The molecule has 0 amide bonds. The number of ether oxygens (including phenoxy) is 2. The summed E-state index contributed by atoms with van der Waals surface area (Å²) in [6, 6.07) is 11.4. The molecule has 2 aromatic carbocycles. The summed E-state index contributed by atoms with van der Waals surface area (Å²) in [6.45, 7) is 0.0299. The topological polar surface area (TPSA) is 87.6 Å². The molecule has 3 aromatic rings. The molecule has 0 fully saturated rings. The largest absolute Gasteiger partial charge is 0.497 e. The standard InChI is InChI=1S/C17H13ClN2O5/c1-23-14-5-2-11(3-6-14)17-19-13(10-25-17)9-24-16-7-4-12(18)8-15(16)20(21)22/h2-8,10H,9H2,1H3. The monoisotopic (exact) mass is 360 g/mol. The highest BCUT2D eigenvalue weighted by Gasteiger charge is 2.16. The molecule has 0 saturated heterocycles. The van der Waals surface area contributed by atoms with E-state index in [1.807, 2.05) is 12.1 Å². The Morgan fingerprint density at radius 2 is 2.00 bits per heavy atom. The molecule has 0 unspecified atom stereocenters. The van der Waals surface area contributed by atoms with Crippen LogP contribution in [0.15, 0.2) is 53.1 Å². The van der Waals surface area contributed by atoms with Crippen LogP contribution in [0.1, 0.15) is 5.69 Å². The summed E-state index contributed by atoms with van der Waals surface area (Å²) in [5, 5.41) is 11.3. The van der Waals surface area contributed by atoms with Crippen molar-refractivity contribution >= 4 is 17.3 Å². The number of aromatic nitrogens is 1. The van der Waals surface area contributed by atoms with E-state index in [1.165, 1.54) is 24.5 Å². The van der Waals surface area contributed by atoms with Crippen LogP contribution in [0.4, 0.5) is 5.69 Å². The zero-order valence-corrected chi connectivity index (χ0v) is 13.9. The van der Waals surface area contributed by atoms with Gasteiger partial charge in [-0.1, -0.05) is 11.6 Å². The van der Waals surface area contributed by atoms with Gasteiger partial charge in [0.05, 0.1) is 12.0 Å². The Morgan fingerprint density at radius 1 is 1.24 bits per heavy atom. The summed E-state index contributed by atoms with van der Waals surface area (Å²) < 4.78 is 16.0. The molecule has 0 aliphatic rings. The fraction of sp³-hybridized carbons (Fsp3) is 0.118. The van der Waals surface area contributed by atoms with E-state index in [2.05, 4.69) is 4.98 Å². The SMILES string of the molecule is COc1ccc(-c2nc(COc3ccc(Cl)cc3[N+](=O)[O-])co2)cc1. The van der Waals surface area contributed by atoms with Crippen LogP contribution in [0.3, 0.4) is 0 Å². The third kappa shape index (κ3) is 3.89. The lowest BCUT2D eigenvalue weighted by molar-refractivity contribution is -0.385. The van der Waals surface area contributed by atoms with Gasteiger partial charge in [-0.15, -0.1) is 0 Å². The van der Waals surface area contributed by atoms with Crippen LogP contribution in [0.25, 0.3) is 11.5 Å². The fourth-order valence-corrected chi connectivity index (χ4v) is 2.31. The second kappa shape index (κ2) is 7.23. The molecule has 0 bridgehead atoms. The number of hydrogen-bond donors (Lipinski definition) is 0. The van der Waals surface area contributed by atoms with Crippen LogP contribution in [0.5, 0.6) is 11.5 Å². The van der Waals surface area contributed by atoms with Crippen molar-refractivity contribution in [1.29, 1.82) is 0 Å². The Bertz CT molecular complexity index is 892. The van der Waals surface area contributed by atoms with Gasteiger partial charge in [-0.2, -0.15) is 0 Å². The average molecular weight is 361 g/mol. The maximum Gasteiger partial charge on any atom is 0.312 e. The van der Waals surface area contributed by atoms with E-state index < -0.39 is 4.92 Å². The minimum absolute atomic E-state index is 0.0299. The zero-order chi connectivity index (χ0) is 17.8. The maximum absolute atomic E-state index is 11.0. The molecule has 3 rings (SSSR count). The Morgan fingerprint density at radius 3 is 2.68 bits per heavy atom. The molecule has 25 heavy (non-hydrogen) atoms. The van der Waals surface area contributed by atoms with Crippen molar-refractivity contribution in [3.8, 4) is 23.0 Å². The van der Waals surface area contributed by atoms with Crippen LogP contribution >= 0.6 is 11.6 Å². The molecular weight excluding hydrogens is 348 g/mol. The number of oxazole rings is 1. The van der Waals surface area contributed by atoms with Gasteiger partial charge in [-0.3, -0.25) is 10.1 Å². The van der Waals surface area contributed by atoms with Crippen molar-refractivity contribution in [1.82, 2.24) is 4.98 Å². The van der Waals surface area contributed by atoms with Crippen molar-refractivity contribution in [2.45, 2.75) is 6.61 Å². The van der Waals surface area contributed by atoms with Crippen LogP contribution < -0.4 is 9.47 Å². The molecule has 8 heteroatoms. The molecule has 0 atom stereocenters. The minimum atomic E-state index is -0.549. The van der Waals surface area contributed by atoms with E-state index in [-0.39, 0.29) is 23.1 Å². The van der Waals surface area contributed by atoms with Crippen LogP contribution in [0, 0.1) is 10.1 Å². The fourth-order valence-electron chi connectivity index (χ4n) is 2.15. The van der Waals surface area contributed by atoms with Crippen molar-refractivity contribution < 1.29 is 18.8 Å². The van der Waals surface area contributed by atoms with Gasteiger partial charge in [0.25, 0.3) is 0 Å². The molecule has 0 N–H and O–H groups in total. The van der Waals surface area contributed by atoms with E-state index >= 15 is 0 Å². The number of halogens is 1. The molecule has 0 spiro atoms. The van der Waals surface area contributed by atoms with E-state index in [4.69, 9.17) is 25.5 Å². The average Bonchev–Trinajstić information content (AvgIpc) is 3.09. The predicted molar refractivity (Wildman–Crippen MR) is 90.9 cm³/mol. The molecule has 0 aliphatic heterocycles. The van der Waals surface area contributed by atoms with Crippen molar-refractivity contribution in [3.05, 3.63) is 69.6 Å². The van der Waals surface area contributed by atoms with E-state index in [1.54, 1.807) is 19.2 Å². The number of methoxy groups -OCH3 is 1. The molecule has 7 nitrogen and oxygen atoms in total. The van der Waals surface area contributed by atoms with Gasteiger partial charge < -0.3 is 13.9 Å². The Balaban J connectivity index is 1.73. The van der Waals surface area contributed by atoms with Crippen molar-refractivity contribution in [2.75, 3.05) is 7.11 Å². The van der Waals surface area contributed by atoms with Crippen molar-refractivity contribution in [3.63, 3.8) is 0 Å². The lowest BCUT2D eigenvalue weighted by Gasteiger charge is -2.04. The Hall–Kier alpha value is -3.06. The summed E-state index contributed by atoms with van der Waals surface area (Å²) in [6.07, 6.45) is 1.45. The quantitative estimate of drug-likeness (QED) is 0.475. The third-order valence-corrected chi connectivity index (χ3v) is 3.62. The van der Waals surface area contributed by atoms with E-state index in [9.17, 15) is 10.1 Å². The molecule has 0 aliphatic carbocycles. The molecule has 128 valence electrons. The predicted octanol–water partition coefficient (Wildman–Crippen LogP) is 4.49. The zero-order valence-electron chi connectivity index (χ0n) is 13.1. The molecule has 1 aromatic heterocycles. The van der Waals surface area contributed by atoms with Crippen LogP contribution in [-0.4, -0.2) is 17.0 Å². The summed E-state index contributed by atoms with van der Waals surface area (Å²) in [5.41, 5.74) is 1.09. The maximum atomic E-state index is 11.0. The number of hydrogen-bond acceptors (Lipinski definition) is 6. The number of benzene rings is 2. The van der Waals surface area contributed by atoms with Gasteiger partial charge in [0, 0.05) is 16.7 Å². The Kier molecular flexibility index (Phi) is 4.85. The van der Waals surface area contributed by atoms with Crippen LogP contribution in [-0.2, 0) is 6.61 Å². The first-order chi connectivity index (χ1) is 12.1. The highest BCUT2D eigenvalue weighted by molar-refractivity contribution is 6.30. The van der Waals surface area contributed by atoms with Gasteiger partial charge in [0.15, 0.2) is 5.75 Å². The number of nitro benzene ring substituents is 1. The van der Waals surface area contributed by atoms with E-state index in [0.29, 0.717) is 11.6 Å². The summed E-state index contributed by atoms with van der Waals surface area (Å²) in [4.78, 5) is 14.8. The third-order valence-electron chi connectivity index (χ3n) is 3.38. The first-order valence-corrected chi connectivity index (χ1v) is 7.60. The van der Waals surface area contributed by atoms with Crippen molar-refractivity contribution in [2.24, 2.45) is 0 Å². The van der Waals surface area contributed by atoms with Gasteiger partial charge in [0.2, 0.25) is 5.89 Å². The summed E-state index contributed by atoms with van der Waals surface area (Å²) in [5.74, 6) is 1.27. The van der Waals surface area contributed by atoms with Gasteiger partial charge in [0.1, 0.15) is 24.3 Å². The normalized spacial score (nSPS) is 10.5. The summed E-state index contributed by atoms with van der Waals surface area (Å²) >= 11 is 5.77. The van der Waals surface area contributed by atoms with Crippen LogP contribution in [0.2, 0.25) is 5.02 Å². The smallest absolute Gasteiger partial charge is 0.312 e. The summed E-state index contributed by atoms with van der Waals surface area (Å²) in [7, 11) is 1.59. The van der Waals surface area contributed by atoms with Gasteiger partial charge in [-0.05, 0) is 36.4 Å². The number of rotatable bonds is 6. The number of nitrogens with zero attached hydrogens (tertiary/aromatic N) is 2. The number of nitro groups is 1. The molecule has 1 heterocycles. The lowest BCUT2D eigenvalue weighted by atomic mass is 10.2. The second-order valence-electron chi connectivity index (χ2n) is 5.03.